The van der Waals surface area contributed by atoms with Crippen LogP contribution in [0.3, 0.4) is 0 Å². The van der Waals surface area contributed by atoms with E-state index in [0.29, 0.717) is 10.0 Å². The summed E-state index contributed by atoms with van der Waals surface area (Å²) >= 11 is 3.34. The predicted octanol–water partition coefficient (Wildman–Crippen LogP) is 3.98. The first kappa shape index (κ1) is 15.1. The molecule has 0 spiro atoms. The number of hydrogen-bond acceptors (Lipinski definition) is 2. The highest BCUT2D eigenvalue weighted by atomic mass is 79.9. The van der Waals surface area contributed by atoms with Gasteiger partial charge in [0.05, 0.1) is 6.21 Å². The highest BCUT2D eigenvalue weighted by molar-refractivity contribution is 9.12. The number of carbonyl (C=O) groups is 1. The molecule has 1 amide bonds. The van der Waals surface area contributed by atoms with Gasteiger partial charge in [-0.3, -0.25) is 4.79 Å². The number of halogens is 2. The monoisotopic (exact) mass is 346 g/mol. The van der Waals surface area contributed by atoms with Crippen molar-refractivity contribution >= 4 is 34.1 Å². The zero-order valence-corrected chi connectivity index (χ0v) is 12.5. The van der Waals surface area contributed by atoms with Crippen molar-refractivity contribution in [2.24, 2.45) is 5.10 Å². The minimum atomic E-state index is -0.397. The molecular weight excluding hydrogens is 335 g/mol. The molecule has 0 bridgehead atoms. The van der Waals surface area contributed by atoms with E-state index in [1.165, 1.54) is 30.5 Å². The number of allylic oxidation sites excluding steroid dienone is 1. The molecule has 0 aliphatic carbocycles. The van der Waals surface area contributed by atoms with Gasteiger partial charge < -0.3 is 0 Å². The molecule has 0 aliphatic heterocycles. The van der Waals surface area contributed by atoms with E-state index in [1.54, 1.807) is 0 Å². The van der Waals surface area contributed by atoms with Crippen LogP contribution in [0.15, 0.2) is 64.2 Å². The molecule has 3 nitrogen and oxygen atoms in total. The second kappa shape index (κ2) is 7.50. The molecule has 2 aromatic carbocycles. The molecule has 0 atom stereocenters. The van der Waals surface area contributed by atoms with Crippen LogP contribution in [-0.4, -0.2) is 12.1 Å². The zero-order chi connectivity index (χ0) is 15.1. The molecule has 1 N–H and O–H groups in total. The number of benzene rings is 2. The van der Waals surface area contributed by atoms with Crippen molar-refractivity contribution in [1.29, 1.82) is 0 Å². The summed E-state index contributed by atoms with van der Waals surface area (Å²) < 4.78 is 13.5. The molecule has 0 saturated carbocycles. The molecule has 0 aromatic heterocycles. The fourth-order valence-corrected chi connectivity index (χ4v) is 1.93. The molecule has 0 fully saturated rings. The van der Waals surface area contributed by atoms with Gasteiger partial charge in [-0.25, -0.2) is 9.82 Å². The van der Waals surface area contributed by atoms with Gasteiger partial charge in [0.2, 0.25) is 0 Å². The van der Waals surface area contributed by atoms with E-state index in [2.05, 4.69) is 26.5 Å². The summed E-state index contributed by atoms with van der Waals surface area (Å²) in [5.74, 6) is -0.783. The Hall–Kier alpha value is -2.27. The maximum absolute atomic E-state index is 12.7. The summed E-state index contributed by atoms with van der Waals surface area (Å²) in [4.78, 5) is 11.7. The quantitative estimate of drug-likeness (QED) is 0.660. The van der Waals surface area contributed by atoms with Gasteiger partial charge in [-0.2, -0.15) is 5.10 Å². The second-order valence-electron chi connectivity index (χ2n) is 4.15. The van der Waals surface area contributed by atoms with Crippen molar-refractivity contribution in [2.75, 3.05) is 0 Å². The van der Waals surface area contributed by atoms with Gasteiger partial charge in [-0.15, -0.1) is 0 Å². The molecule has 0 aliphatic rings. The van der Waals surface area contributed by atoms with Crippen LogP contribution in [0.5, 0.6) is 0 Å². The van der Waals surface area contributed by atoms with E-state index in [-0.39, 0.29) is 5.82 Å². The number of rotatable bonds is 4. The summed E-state index contributed by atoms with van der Waals surface area (Å²) in [7, 11) is 0. The molecule has 0 saturated heterocycles. The van der Waals surface area contributed by atoms with Gasteiger partial charge in [-0.05, 0) is 51.8 Å². The fourth-order valence-electron chi connectivity index (χ4n) is 1.56. The summed E-state index contributed by atoms with van der Waals surface area (Å²) in [6.45, 7) is 0. The zero-order valence-electron chi connectivity index (χ0n) is 11.0. The number of nitrogens with one attached hydrogen (secondary N) is 1. The van der Waals surface area contributed by atoms with Crippen molar-refractivity contribution < 1.29 is 9.18 Å². The first-order chi connectivity index (χ1) is 10.1. The second-order valence-corrected chi connectivity index (χ2v) is 5.06. The Bertz CT molecular complexity index is 666. The minimum Gasteiger partial charge on any atom is -0.267 e. The number of hydrazone groups is 1. The van der Waals surface area contributed by atoms with Crippen molar-refractivity contribution in [3.63, 3.8) is 0 Å². The highest BCUT2D eigenvalue weighted by Gasteiger charge is 2.03. The third-order valence-electron chi connectivity index (χ3n) is 2.56. The van der Waals surface area contributed by atoms with Crippen LogP contribution in [-0.2, 0) is 0 Å². The van der Waals surface area contributed by atoms with Crippen molar-refractivity contribution in [1.82, 2.24) is 5.43 Å². The molecule has 2 rings (SSSR count). The summed E-state index contributed by atoms with van der Waals surface area (Å²) in [6, 6.07) is 14.9. The summed E-state index contributed by atoms with van der Waals surface area (Å²) in [6.07, 6.45) is 3.35. The molecule has 21 heavy (non-hydrogen) atoms. The lowest BCUT2D eigenvalue weighted by Gasteiger charge is -1.99. The Labute approximate surface area is 130 Å². The molecule has 0 radical (unpaired) electrons. The maximum Gasteiger partial charge on any atom is 0.271 e. The SMILES string of the molecule is O=C(NN=C/C(Br)=C/c1ccccc1)c1ccc(F)cc1. The molecule has 0 unspecified atom stereocenters. The van der Waals surface area contributed by atoms with Crippen LogP contribution in [0.25, 0.3) is 6.08 Å². The lowest BCUT2D eigenvalue weighted by molar-refractivity contribution is 0.0955. The number of amides is 1. The summed E-state index contributed by atoms with van der Waals surface area (Å²) in [5.41, 5.74) is 3.73. The van der Waals surface area contributed by atoms with E-state index in [9.17, 15) is 9.18 Å². The third kappa shape index (κ3) is 4.96. The minimum absolute atomic E-state index is 0.344. The normalized spacial score (nSPS) is 11.6. The Balaban J connectivity index is 1.94. The standard InChI is InChI=1S/C16H12BrFN2O/c17-14(10-12-4-2-1-3-5-12)11-19-20-16(21)13-6-8-15(18)9-7-13/h1-11H,(H,20,21)/b14-10-,19-11?. The third-order valence-corrected chi connectivity index (χ3v) is 3.00. The van der Waals surface area contributed by atoms with Crippen LogP contribution in [0.1, 0.15) is 15.9 Å². The molecule has 106 valence electrons. The molecule has 0 heterocycles. The highest BCUT2D eigenvalue weighted by Crippen LogP contribution is 2.09. The number of hydrogen-bond donors (Lipinski definition) is 1. The van der Waals surface area contributed by atoms with Gasteiger partial charge in [-0.1, -0.05) is 30.3 Å². The largest absolute Gasteiger partial charge is 0.271 e. The predicted molar refractivity (Wildman–Crippen MR) is 85.7 cm³/mol. The van der Waals surface area contributed by atoms with Crippen molar-refractivity contribution in [2.45, 2.75) is 0 Å². The van der Waals surface area contributed by atoms with E-state index in [0.717, 1.165) is 5.56 Å². The first-order valence-corrected chi connectivity index (χ1v) is 6.95. The van der Waals surface area contributed by atoms with Crippen LogP contribution in [0.2, 0.25) is 0 Å². The van der Waals surface area contributed by atoms with Gasteiger partial charge in [0, 0.05) is 10.0 Å². The molecular formula is C16H12BrFN2O. The lowest BCUT2D eigenvalue weighted by Crippen LogP contribution is -2.17. The fraction of sp³-hybridized carbons (Fsp3) is 0. The Morgan fingerprint density at radius 1 is 1.10 bits per heavy atom. The Morgan fingerprint density at radius 2 is 1.76 bits per heavy atom. The van der Waals surface area contributed by atoms with Gasteiger partial charge in [0.25, 0.3) is 5.91 Å². The molecule has 5 heteroatoms. The van der Waals surface area contributed by atoms with E-state index in [4.69, 9.17) is 0 Å². The van der Waals surface area contributed by atoms with Crippen molar-refractivity contribution in [3.8, 4) is 0 Å². The Kier molecular flexibility index (Phi) is 5.40. The van der Waals surface area contributed by atoms with E-state index < -0.39 is 5.91 Å². The Morgan fingerprint density at radius 3 is 2.43 bits per heavy atom. The number of nitrogens with zero attached hydrogens (tertiary/aromatic N) is 1. The maximum atomic E-state index is 12.7. The topological polar surface area (TPSA) is 41.5 Å². The van der Waals surface area contributed by atoms with E-state index >= 15 is 0 Å². The lowest BCUT2D eigenvalue weighted by atomic mass is 10.2. The molecule has 2 aromatic rings. The van der Waals surface area contributed by atoms with Crippen LogP contribution < -0.4 is 5.43 Å². The van der Waals surface area contributed by atoms with Crippen LogP contribution >= 0.6 is 15.9 Å². The average molecular weight is 347 g/mol. The van der Waals surface area contributed by atoms with Gasteiger partial charge >= 0.3 is 0 Å². The van der Waals surface area contributed by atoms with Gasteiger partial charge in [0.1, 0.15) is 5.82 Å². The van der Waals surface area contributed by atoms with Crippen LogP contribution in [0.4, 0.5) is 4.39 Å². The van der Waals surface area contributed by atoms with Gasteiger partial charge in [0.15, 0.2) is 0 Å². The number of carbonyl (C=O) groups excluding carboxylic acids is 1. The van der Waals surface area contributed by atoms with Crippen LogP contribution in [0, 0.1) is 5.82 Å². The average Bonchev–Trinajstić information content (AvgIpc) is 2.49. The first-order valence-electron chi connectivity index (χ1n) is 6.16. The van der Waals surface area contributed by atoms with Crippen molar-refractivity contribution in [3.05, 3.63) is 76.0 Å². The van der Waals surface area contributed by atoms with E-state index in [1.807, 2.05) is 36.4 Å². The summed E-state index contributed by atoms with van der Waals surface area (Å²) in [5, 5.41) is 3.83. The smallest absolute Gasteiger partial charge is 0.267 e.